The summed E-state index contributed by atoms with van der Waals surface area (Å²) in [6.45, 7) is 5.56. The fraction of sp³-hybridized carbons (Fsp3) is 0.316. The molecule has 25 heavy (non-hydrogen) atoms. The van der Waals surface area contributed by atoms with E-state index >= 15 is 0 Å². The van der Waals surface area contributed by atoms with Crippen molar-refractivity contribution in [2.45, 2.75) is 19.5 Å². The summed E-state index contributed by atoms with van der Waals surface area (Å²) in [5, 5.41) is 7.84. The Labute approximate surface area is 146 Å². The van der Waals surface area contributed by atoms with Gasteiger partial charge in [0.25, 0.3) is 5.91 Å². The molecule has 1 atom stereocenters. The Hall–Kier alpha value is -2.73. The standard InChI is InChI=1S/C19H21N5O/c1-15-11-22(12-16-5-3-2-4-6-16)9-10-24(15)19(25)17-7-8-18-21-20-14-23(18)13-17/h2-8,13-15H,9-12H2,1H3/t15-/m1/s1. The van der Waals surface area contributed by atoms with Crippen LogP contribution in [-0.2, 0) is 6.54 Å². The Morgan fingerprint density at radius 1 is 1.16 bits per heavy atom. The number of hydrogen-bond acceptors (Lipinski definition) is 4. The first-order chi connectivity index (χ1) is 12.2. The Kier molecular flexibility index (Phi) is 4.19. The summed E-state index contributed by atoms with van der Waals surface area (Å²) in [5.74, 6) is 0.0717. The first kappa shape index (κ1) is 15.8. The minimum Gasteiger partial charge on any atom is -0.333 e. The molecule has 6 nitrogen and oxygen atoms in total. The van der Waals surface area contributed by atoms with Crippen LogP contribution < -0.4 is 0 Å². The van der Waals surface area contributed by atoms with Gasteiger partial charge in [-0.1, -0.05) is 30.3 Å². The zero-order valence-corrected chi connectivity index (χ0v) is 14.2. The van der Waals surface area contributed by atoms with Crippen LogP contribution in [0, 0.1) is 0 Å². The van der Waals surface area contributed by atoms with Gasteiger partial charge >= 0.3 is 0 Å². The average Bonchev–Trinajstić information content (AvgIpc) is 3.10. The third-order valence-electron chi connectivity index (χ3n) is 4.76. The first-order valence-electron chi connectivity index (χ1n) is 8.57. The molecule has 0 aliphatic carbocycles. The molecule has 3 aromatic rings. The van der Waals surface area contributed by atoms with Crippen LogP contribution in [0.4, 0.5) is 0 Å². The van der Waals surface area contributed by atoms with Gasteiger partial charge < -0.3 is 4.90 Å². The fourth-order valence-corrected chi connectivity index (χ4v) is 3.44. The van der Waals surface area contributed by atoms with Crippen LogP contribution in [-0.4, -0.2) is 56.0 Å². The topological polar surface area (TPSA) is 53.7 Å². The summed E-state index contributed by atoms with van der Waals surface area (Å²) < 4.78 is 1.78. The molecular formula is C19H21N5O. The molecule has 1 aromatic carbocycles. The number of aromatic nitrogens is 3. The van der Waals surface area contributed by atoms with Crippen LogP contribution in [0.2, 0.25) is 0 Å². The van der Waals surface area contributed by atoms with Gasteiger partial charge in [-0.05, 0) is 24.6 Å². The molecule has 0 saturated carbocycles. The zero-order chi connectivity index (χ0) is 17.2. The summed E-state index contributed by atoms with van der Waals surface area (Å²) in [7, 11) is 0. The highest BCUT2D eigenvalue weighted by Gasteiger charge is 2.28. The summed E-state index contributed by atoms with van der Waals surface area (Å²) >= 11 is 0. The van der Waals surface area contributed by atoms with Gasteiger partial charge in [-0.15, -0.1) is 10.2 Å². The lowest BCUT2D eigenvalue weighted by Gasteiger charge is -2.40. The van der Waals surface area contributed by atoms with Gasteiger partial charge in [-0.2, -0.15) is 0 Å². The predicted molar refractivity (Wildman–Crippen MR) is 95.2 cm³/mol. The number of pyridine rings is 1. The van der Waals surface area contributed by atoms with E-state index in [-0.39, 0.29) is 11.9 Å². The van der Waals surface area contributed by atoms with Crippen molar-refractivity contribution in [2.24, 2.45) is 0 Å². The second-order valence-corrected chi connectivity index (χ2v) is 6.58. The minimum absolute atomic E-state index is 0.0717. The summed E-state index contributed by atoms with van der Waals surface area (Å²) in [6, 6.07) is 14.3. The van der Waals surface area contributed by atoms with E-state index in [9.17, 15) is 4.79 Å². The summed E-state index contributed by atoms with van der Waals surface area (Å²) in [4.78, 5) is 17.3. The van der Waals surface area contributed by atoms with E-state index in [4.69, 9.17) is 0 Å². The van der Waals surface area contributed by atoms with Crippen LogP contribution in [0.15, 0.2) is 55.0 Å². The number of amides is 1. The number of benzene rings is 1. The molecule has 0 unspecified atom stereocenters. The molecule has 1 fully saturated rings. The van der Waals surface area contributed by atoms with Gasteiger partial charge in [0.2, 0.25) is 0 Å². The number of carbonyl (C=O) groups is 1. The zero-order valence-electron chi connectivity index (χ0n) is 14.2. The second-order valence-electron chi connectivity index (χ2n) is 6.58. The number of hydrogen-bond donors (Lipinski definition) is 0. The van der Waals surface area contributed by atoms with Crippen molar-refractivity contribution >= 4 is 11.6 Å². The number of carbonyl (C=O) groups excluding carboxylic acids is 1. The minimum atomic E-state index is 0.0717. The van der Waals surface area contributed by atoms with Crippen molar-refractivity contribution in [2.75, 3.05) is 19.6 Å². The molecule has 0 spiro atoms. The maximum atomic E-state index is 12.9. The van der Waals surface area contributed by atoms with Gasteiger partial charge in [0.15, 0.2) is 5.65 Å². The highest BCUT2D eigenvalue weighted by atomic mass is 16.2. The number of fused-ring (bicyclic) bond motifs is 1. The third kappa shape index (κ3) is 3.25. The predicted octanol–water partition coefficient (Wildman–Crippen LogP) is 2.08. The molecule has 0 bridgehead atoms. The van der Waals surface area contributed by atoms with Crippen molar-refractivity contribution in [3.8, 4) is 0 Å². The monoisotopic (exact) mass is 335 g/mol. The molecule has 1 amide bonds. The van der Waals surface area contributed by atoms with E-state index in [1.807, 2.05) is 23.1 Å². The quantitative estimate of drug-likeness (QED) is 0.735. The van der Waals surface area contributed by atoms with Crippen LogP contribution in [0.25, 0.3) is 5.65 Å². The maximum Gasteiger partial charge on any atom is 0.255 e. The van der Waals surface area contributed by atoms with E-state index in [1.165, 1.54) is 5.56 Å². The number of piperazine rings is 1. The first-order valence-corrected chi connectivity index (χ1v) is 8.57. The normalized spacial score (nSPS) is 18.6. The summed E-state index contributed by atoms with van der Waals surface area (Å²) in [6.07, 6.45) is 3.42. The highest BCUT2D eigenvalue weighted by Crippen LogP contribution is 2.16. The largest absolute Gasteiger partial charge is 0.333 e. The molecule has 1 aliphatic rings. The molecule has 1 aliphatic heterocycles. The molecular weight excluding hydrogens is 314 g/mol. The Morgan fingerprint density at radius 3 is 2.80 bits per heavy atom. The Balaban J connectivity index is 1.44. The lowest BCUT2D eigenvalue weighted by atomic mass is 10.1. The maximum absolute atomic E-state index is 12.9. The van der Waals surface area contributed by atoms with Crippen molar-refractivity contribution in [3.63, 3.8) is 0 Å². The molecule has 128 valence electrons. The molecule has 4 rings (SSSR count). The summed E-state index contributed by atoms with van der Waals surface area (Å²) in [5.41, 5.74) is 2.74. The van der Waals surface area contributed by atoms with Crippen molar-refractivity contribution in [1.82, 2.24) is 24.4 Å². The number of rotatable bonds is 3. The van der Waals surface area contributed by atoms with E-state index in [2.05, 4.69) is 46.3 Å². The van der Waals surface area contributed by atoms with E-state index in [1.54, 1.807) is 16.9 Å². The van der Waals surface area contributed by atoms with Gasteiger partial charge in [-0.25, -0.2) is 0 Å². The molecule has 0 N–H and O–H groups in total. The van der Waals surface area contributed by atoms with Gasteiger partial charge in [0.05, 0.1) is 5.56 Å². The lowest BCUT2D eigenvalue weighted by molar-refractivity contribution is 0.0475. The third-order valence-corrected chi connectivity index (χ3v) is 4.76. The Morgan fingerprint density at radius 2 is 2.00 bits per heavy atom. The second kappa shape index (κ2) is 6.64. The SMILES string of the molecule is C[C@@H]1CN(Cc2ccccc2)CCN1C(=O)c1ccc2nncn2c1. The molecule has 6 heteroatoms. The van der Waals surface area contributed by atoms with Crippen molar-refractivity contribution in [1.29, 1.82) is 0 Å². The molecule has 0 radical (unpaired) electrons. The van der Waals surface area contributed by atoms with Crippen LogP contribution in [0.1, 0.15) is 22.8 Å². The van der Waals surface area contributed by atoms with Gasteiger partial charge in [0.1, 0.15) is 6.33 Å². The van der Waals surface area contributed by atoms with Crippen LogP contribution in [0.3, 0.4) is 0 Å². The van der Waals surface area contributed by atoms with E-state index in [0.29, 0.717) is 5.56 Å². The molecule has 2 aromatic heterocycles. The van der Waals surface area contributed by atoms with Crippen molar-refractivity contribution in [3.05, 3.63) is 66.1 Å². The van der Waals surface area contributed by atoms with E-state index < -0.39 is 0 Å². The van der Waals surface area contributed by atoms with E-state index in [0.717, 1.165) is 31.8 Å². The van der Waals surface area contributed by atoms with Crippen molar-refractivity contribution < 1.29 is 4.79 Å². The smallest absolute Gasteiger partial charge is 0.255 e. The lowest BCUT2D eigenvalue weighted by Crippen LogP contribution is -2.53. The van der Waals surface area contributed by atoms with Gasteiger partial charge in [-0.3, -0.25) is 14.1 Å². The molecule has 3 heterocycles. The van der Waals surface area contributed by atoms with Gasteiger partial charge in [0, 0.05) is 38.4 Å². The average molecular weight is 335 g/mol. The Bertz CT molecular complexity index is 876. The highest BCUT2D eigenvalue weighted by molar-refractivity contribution is 5.94. The number of nitrogens with zero attached hydrogens (tertiary/aromatic N) is 5. The van der Waals surface area contributed by atoms with Crippen LogP contribution in [0.5, 0.6) is 0 Å². The molecule has 1 saturated heterocycles. The fourth-order valence-electron chi connectivity index (χ4n) is 3.44. The van der Waals surface area contributed by atoms with Crippen LogP contribution >= 0.6 is 0 Å².